The van der Waals surface area contributed by atoms with Crippen LogP contribution in [-0.2, 0) is 11.2 Å². The van der Waals surface area contributed by atoms with E-state index in [1.807, 2.05) is 13.8 Å². The second kappa shape index (κ2) is 8.99. The fourth-order valence-electron chi connectivity index (χ4n) is 3.04. The number of methoxy groups -OCH3 is 2. The smallest absolute Gasteiger partial charge is 0.220 e. The normalized spacial score (nSPS) is 12.1. The molecule has 142 valence electrons. The molecule has 0 bridgehead atoms. The van der Waals surface area contributed by atoms with Crippen LogP contribution in [0.3, 0.4) is 0 Å². The van der Waals surface area contributed by atoms with Gasteiger partial charge in [-0.15, -0.1) is 0 Å². The van der Waals surface area contributed by atoms with Gasteiger partial charge in [-0.25, -0.2) is 4.98 Å². The largest absolute Gasteiger partial charge is 0.497 e. The van der Waals surface area contributed by atoms with E-state index < -0.39 is 0 Å². The number of ether oxygens (including phenoxy) is 3. The molecule has 0 fully saturated rings. The molecule has 0 aliphatic rings. The third kappa shape index (κ3) is 4.73. The topological polar surface area (TPSA) is 53.5 Å². The van der Waals surface area contributed by atoms with E-state index in [0.29, 0.717) is 12.5 Å². The van der Waals surface area contributed by atoms with Crippen molar-refractivity contribution in [3.8, 4) is 11.6 Å². The van der Waals surface area contributed by atoms with Gasteiger partial charge in [-0.3, -0.25) is 0 Å². The van der Waals surface area contributed by atoms with Gasteiger partial charge in [0.05, 0.1) is 19.4 Å². The van der Waals surface area contributed by atoms with Crippen LogP contribution in [0, 0.1) is 27.7 Å². The zero-order valence-electron chi connectivity index (χ0n) is 17.0. The molecule has 0 aliphatic carbocycles. The number of aromatic nitrogens is 2. The van der Waals surface area contributed by atoms with Crippen LogP contribution in [-0.4, -0.2) is 36.9 Å². The van der Waals surface area contributed by atoms with E-state index in [2.05, 4.69) is 42.9 Å². The van der Waals surface area contributed by atoms with Crippen molar-refractivity contribution in [1.29, 1.82) is 0 Å². The molecule has 1 unspecified atom stereocenters. The summed E-state index contributed by atoms with van der Waals surface area (Å²) < 4.78 is 16.7. The van der Waals surface area contributed by atoms with E-state index in [9.17, 15) is 0 Å². The van der Waals surface area contributed by atoms with Gasteiger partial charge in [0.2, 0.25) is 5.88 Å². The Labute approximate surface area is 156 Å². The average Bonchev–Trinajstić information content (AvgIpc) is 2.60. The highest BCUT2D eigenvalue weighted by molar-refractivity contribution is 5.44. The number of benzene rings is 1. The van der Waals surface area contributed by atoms with Crippen LogP contribution in [0.4, 0.5) is 0 Å². The number of rotatable bonds is 8. The van der Waals surface area contributed by atoms with Gasteiger partial charge in [-0.2, -0.15) is 4.98 Å². The lowest BCUT2D eigenvalue weighted by molar-refractivity contribution is 0.0748. The maximum absolute atomic E-state index is 6.09. The highest BCUT2D eigenvalue weighted by Gasteiger charge is 2.17. The fourth-order valence-corrected chi connectivity index (χ4v) is 3.04. The second-order valence-corrected chi connectivity index (χ2v) is 6.67. The molecule has 5 heteroatoms. The van der Waals surface area contributed by atoms with Crippen LogP contribution in [0.2, 0.25) is 0 Å². The predicted molar refractivity (Wildman–Crippen MR) is 103 cm³/mol. The summed E-state index contributed by atoms with van der Waals surface area (Å²) in [5, 5.41) is 0. The first kappa shape index (κ1) is 20.2. The zero-order chi connectivity index (χ0) is 19.3. The Morgan fingerprint density at radius 1 is 1.00 bits per heavy atom. The summed E-state index contributed by atoms with van der Waals surface area (Å²) in [6, 6.07) is 4.13. The third-order valence-electron chi connectivity index (χ3n) is 4.65. The van der Waals surface area contributed by atoms with Crippen molar-refractivity contribution in [2.75, 3.05) is 20.8 Å². The number of hydrogen-bond acceptors (Lipinski definition) is 5. The van der Waals surface area contributed by atoms with E-state index in [1.54, 1.807) is 14.2 Å². The quantitative estimate of drug-likeness (QED) is 0.711. The molecule has 0 radical (unpaired) electrons. The molecule has 0 saturated heterocycles. The van der Waals surface area contributed by atoms with E-state index in [-0.39, 0.29) is 6.10 Å². The molecule has 1 aromatic carbocycles. The Hall–Kier alpha value is -2.14. The molecule has 2 rings (SSSR count). The van der Waals surface area contributed by atoms with Crippen molar-refractivity contribution in [3.63, 3.8) is 0 Å². The highest BCUT2D eigenvalue weighted by Crippen LogP contribution is 2.27. The minimum absolute atomic E-state index is 0.00897. The Balaban J connectivity index is 2.36. The number of nitrogens with zero attached hydrogens (tertiary/aromatic N) is 2. The average molecular weight is 358 g/mol. The maximum Gasteiger partial charge on any atom is 0.220 e. The van der Waals surface area contributed by atoms with Crippen molar-refractivity contribution in [1.82, 2.24) is 9.97 Å². The van der Waals surface area contributed by atoms with Crippen LogP contribution in [0.25, 0.3) is 0 Å². The van der Waals surface area contributed by atoms with Crippen LogP contribution in [0.5, 0.6) is 11.6 Å². The van der Waals surface area contributed by atoms with Gasteiger partial charge in [0.25, 0.3) is 0 Å². The Kier molecular flexibility index (Phi) is 6.98. The van der Waals surface area contributed by atoms with Crippen molar-refractivity contribution in [3.05, 3.63) is 45.9 Å². The zero-order valence-corrected chi connectivity index (χ0v) is 17.0. The summed E-state index contributed by atoms with van der Waals surface area (Å²) in [5.41, 5.74) is 5.65. The van der Waals surface area contributed by atoms with Crippen molar-refractivity contribution >= 4 is 0 Å². The number of hydrogen-bond donors (Lipinski definition) is 0. The fraction of sp³-hybridized carbons (Fsp3) is 0.524. The summed E-state index contributed by atoms with van der Waals surface area (Å²) in [7, 11) is 3.38. The van der Waals surface area contributed by atoms with Crippen LogP contribution in [0.15, 0.2) is 12.1 Å². The summed E-state index contributed by atoms with van der Waals surface area (Å²) in [6.45, 7) is 10.8. The van der Waals surface area contributed by atoms with E-state index in [1.165, 1.54) is 16.7 Å². The van der Waals surface area contributed by atoms with Gasteiger partial charge >= 0.3 is 0 Å². The Bertz CT molecular complexity index is 736. The van der Waals surface area contributed by atoms with Crippen LogP contribution < -0.4 is 9.47 Å². The third-order valence-corrected chi connectivity index (χ3v) is 4.65. The highest BCUT2D eigenvalue weighted by atomic mass is 16.5. The van der Waals surface area contributed by atoms with Crippen LogP contribution in [0.1, 0.15) is 47.1 Å². The van der Waals surface area contributed by atoms with Gasteiger partial charge in [0, 0.05) is 19.1 Å². The van der Waals surface area contributed by atoms with Gasteiger partial charge in [-0.05, 0) is 62.9 Å². The monoisotopic (exact) mass is 358 g/mol. The lowest BCUT2D eigenvalue weighted by Crippen LogP contribution is -2.23. The molecule has 0 saturated carbocycles. The molecule has 0 amide bonds. The lowest BCUT2D eigenvalue weighted by Gasteiger charge is -2.19. The van der Waals surface area contributed by atoms with E-state index in [0.717, 1.165) is 35.7 Å². The van der Waals surface area contributed by atoms with Gasteiger partial charge in [0.15, 0.2) is 0 Å². The van der Waals surface area contributed by atoms with E-state index >= 15 is 0 Å². The SMILES string of the molecule is CCC(COC)Oc1nc(C)nc(Cc2c(C)cc(OC)cc2C)c1C. The van der Waals surface area contributed by atoms with Crippen molar-refractivity contribution in [2.45, 2.75) is 53.6 Å². The summed E-state index contributed by atoms with van der Waals surface area (Å²) in [6.07, 6.45) is 1.60. The Morgan fingerprint density at radius 2 is 1.65 bits per heavy atom. The molecule has 0 aliphatic heterocycles. The minimum atomic E-state index is -0.00897. The first-order chi connectivity index (χ1) is 12.4. The van der Waals surface area contributed by atoms with E-state index in [4.69, 9.17) is 14.2 Å². The second-order valence-electron chi connectivity index (χ2n) is 6.67. The Morgan fingerprint density at radius 3 is 2.19 bits per heavy atom. The minimum Gasteiger partial charge on any atom is -0.497 e. The van der Waals surface area contributed by atoms with Crippen molar-refractivity contribution < 1.29 is 14.2 Å². The molecular weight excluding hydrogens is 328 g/mol. The van der Waals surface area contributed by atoms with Crippen molar-refractivity contribution in [2.24, 2.45) is 0 Å². The molecule has 2 aromatic rings. The molecular formula is C21H30N2O3. The first-order valence-corrected chi connectivity index (χ1v) is 9.03. The lowest BCUT2D eigenvalue weighted by atomic mass is 9.96. The molecule has 26 heavy (non-hydrogen) atoms. The van der Waals surface area contributed by atoms with Gasteiger partial charge < -0.3 is 14.2 Å². The predicted octanol–water partition coefficient (Wildman–Crippen LogP) is 4.11. The summed E-state index contributed by atoms with van der Waals surface area (Å²) in [4.78, 5) is 9.19. The molecule has 0 N–H and O–H groups in total. The summed E-state index contributed by atoms with van der Waals surface area (Å²) >= 11 is 0. The molecule has 1 heterocycles. The van der Waals surface area contributed by atoms with Gasteiger partial charge in [-0.1, -0.05) is 6.92 Å². The summed E-state index contributed by atoms with van der Waals surface area (Å²) in [5.74, 6) is 2.26. The van der Waals surface area contributed by atoms with Gasteiger partial charge in [0.1, 0.15) is 17.7 Å². The molecule has 0 spiro atoms. The van der Waals surface area contributed by atoms with Crippen LogP contribution >= 0.6 is 0 Å². The number of aryl methyl sites for hydroxylation is 3. The molecule has 5 nitrogen and oxygen atoms in total. The molecule has 1 atom stereocenters. The maximum atomic E-state index is 6.09. The first-order valence-electron chi connectivity index (χ1n) is 9.03. The standard InChI is InChI=1S/C21H30N2O3/c1-8-17(12-24-6)26-21-15(4)20(22-16(5)23-21)11-19-13(2)9-18(25-7)10-14(19)3/h9-10,17H,8,11-12H2,1-7H3. The molecule has 1 aromatic heterocycles.